The summed E-state index contributed by atoms with van der Waals surface area (Å²) >= 11 is 0. The summed E-state index contributed by atoms with van der Waals surface area (Å²) in [5.74, 6) is -1.26. The summed E-state index contributed by atoms with van der Waals surface area (Å²) in [5.41, 5.74) is 3.30. The highest BCUT2D eigenvalue weighted by Gasteiger charge is 2.32. The number of hydrogen-bond donors (Lipinski definition) is 1. The molecule has 25 heavy (non-hydrogen) atoms. The molecule has 0 radical (unpaired) electrons. The van der Waals surface area contributed by atoms with Crippen molar-refractivity contribution in [3.63, 3.8) is 0 Å². The van der Waals surface area contributed by atoms with Gasteiger partial charge in [0.15, 0.2) is 5.78 Å². The molecule has 1 aromatic rings. The molecule has 1 saturated heterocycles. The first-order valence-corrected chi connectivity index (χ1v) is 9.11. The Morgan fingerprint density at radius 1 is 1.16 bits per heavy atom. The maximum Gasteiger partial charge on any atom is 0.306 e. The molecule has 2 atom stereocenters. The number of ketones is 1. The Hall–Kier alpha value is -2.17. The number of aryl methyl sites for hydroxylation is 2. The number of aliphatic carboxylic acids is 1. The Bertz CT molecular complexity index is 697. The summed E-state index contributed by atoms with van der Waals surface area (Å²) in [6, 6.07) is 5.89. The molecule has 0 aromatic heterocycles. The van der Waals surface area contributed by atoms with E-state index in [0.717, 1.165) is 19.3 Å². The van der Waals surface area contributed by atoms with Gasteiger partial charge in [0, 0.05) is 31.5 Å². The van der Waals surface area contributed by atoms with Crippen molar-refractivity contribution in [1.82, 2.24) is 4.90 Å². The van der Waals surface area contributed by atoms with E-state index < -0.39 is 5.97 Å². The number of likely N-dealkylation sites (tertiary alicyclic amines) is 1. The number of carboxylic acids is 1. The number of benzene rings is 1. The van der Waals surface area contributed by atoms with Crippen LogP contribution < -0.4 is 0 Å². The number of carbonyl (C=O) groups is 3. The molecule has 1 fully saturated rings. The van der Waals surface area contributed by atoms with Gasteiger partial charge in [0.25, 0.3) is 0 Å². The molecule has 1 aliphatic heterocycles. The quantitative estimate of drug-likeness (QED) is 0.834. The molecule has 3 rings (SSSR count). The van der Waals surface area contributed by atoms with Gasteiger partial charge in [0.2, 0.25) is 5.91 Å². The molecular weight excluding hydrogens is 318 g/mol. The van der Waals surface area contributed by atoms with Crippen molar-refractivity contribution >= 4 is 17.7 Å². The molecule has 2 aliphatic rings. The second kappa shape index (κ2) is 7.38. The molecule has 1 aliphatic carbocycles. The fraction of sp³-hybridized carbons (Fsp3) is 0.550. The predicted octanol–water partition coefficient (Wildman–Crippen LogP) is 2.71. The monoisotopic (exact) mass is 343 g/mol. The van der Waals surface area contributed by atoms with E-state index in [1.807, 2.05) is 25.1 Å². The van der Waals surface area contributed by atoms with Gasteiger partial charge >= 0.3 is 5.97 Å². The van der Waals surface area contributed by atoms with E-state index in [9.17, 15) is 14.4 Å². The molecule has 1 amide bonds. The lowest BCUT2D eigenvalue weighted by Crippen LogP contribution is -2.45. The Morgan fingerprint density at radius 2 is 1.92 bits per heavy atom. The van der Waals surface area contributed by atoms with Gasteiger partial charge in [-0.2, -0.15) is 0 Å². The van der Waals surface area contributed by atoms with Crippen LogP contribution in [0, 0.1) is 11.8 Å². The molecule has 5 heteroatoms. The largest absolute Gasteiger partial charge is 0.481 e. The number of amides is 1. The first-order chi connectivity index (χ1) is 12.0. The lowest BCUT2D eigenvalue weighted by atomic mass is 9.87. The maximum absolute atomic E-state index is 12.4. The minimum absolute atomic E-state index is 0.0107. The van der Waals surface area contributed by atoms with E-state index in [-0.39, 0.29) is 36.4 Å². The van der Waals surface area contributed by atoms with E-state index >= 15 is 0 Å². The topological polar surface area (TPSA) is 74.7 Å². The first-order valence-electron chi connectivity index (χ1n) is 9.11. The number of fused-ring (bicyclic) bond motifs is 1. The second-order valence-corrected chi connectivity index (χ2v) is 7.31. The fourth-order valence-electron chi connectivity index (χ4n) is 4.01. The highest BCUT2D eigenvalue weighted by Crippen LogP contribution is 2.25. The Morgan fingerprint density at radius 3 is 2.64 bits per heavy atom. The summed E-state index contributed by atoms with van der Waals surface area (Å²) in [7, 11) is 0. The van der Waals surface area contributed by atoms with Crippen molar-refractivity contribution < 1.29 is 19.5 Å². The standard InChI is InChI=1S/C20H25NO4/c1-13-12-21(10-9-17(13)20(24)25)19(23)8-7-18(22)16-6-5-14-3-2-4-15(14)11-16/h5-6,11,13,17H,2-4,7-10,12H2,1H3,(H,24,25). The Kier molecular flexibility index (Phi) is 5.21. The lowest BCUT2D eigenvalue weighted by Gasteiger charge is -2.35. The molecule has 1 heterocycles. The molecule has 1 aromatic carbocycles. The zero-order chi connectivity index (χ0) is 18.0. The molecule has 134 valence electrons. The number of carboxylic acid groups (broad SMARTS) is 1. The number of hydrogen-bond acceptors (Lipinski definition) is 3. The highest BCUT2D eigenvalue weighted by atomic mass is 16.4. The number of rotatable bonds is 5. The van der Waals surface area contributed by atoms with E-state index in [0.29, 0.717) is 25.1 Å². The van der Waals surface area contributed by atoms with Gasteiger partial charge < -0.3 is 10.0 Å². The zero-order valence-electron chi connectivity index (χ0n) is 14.7. The molecule has 2 unspecified atom stereocenters. The average molecular weight is 343 g/mol. The van der Waals surface area contributed by atoms with E-state index in [2.05, 4.69) is 0 Å². The van der Waals surface area contributed by atoms with Crippen LogP contribution in [0.3, 0.4) is 0 Å². The fourth-order valence-corrected chi connectivity index (χ4v) is 4.01. The van der Waals surface area contributed by atoms with Crippen LogP contribution >= 0.6 is 0 Å². The van der Waals surface area contributed by atoms with Crippen LogP contribution in [0.4, 0.5) is 0 Å². The summed E-state index contributed by atoms with van der Waals surface area (Å²) in [5, 5.41) is 9.15. The van der Waals surface area contributed by atoms with Gasteiger partial charge in [-0.3, -0.25) is 14.4 Å². The van der Waals surface area contributed by atoms with Crippen LogP contribution in [-0.4, -0.2) is 40.8 Å². The summed E-state index contributed by atoms with van der Waals surface area (Å²) < 4.78 is 0. The smallest absolute Gasteiger partial charge is 0.306 e. The van der Waals surface area contributed by atoms with E-state index in [1.54, 1.807) is 4.90 Å². The van der Waals surface area contributed by atoms with Crippen LogP contribution in [0.15, 0.2) is 18.2 Å². The normalized spacial score (nSPS) is 22.5. The summed E-state index contributed by atoms with van der Waals surface area (Å²) in [6.45, 7) is 2.80. The Labute approximate surface area is 148 Å². The van der Waals surface area contributed by atoms with Crippen LogP contribution in [0.1, 0.15) is 54.1 Å². The summed E-state index contributed by atoms with van der Waals surface area (Å²) in [6.07, 6.45) is 4.17. The molecule has 0 saturated carbocycles. The van der Waals surface area contributed by atoms with E-state index in [4.69, 9.17) is 5.11 Å². The SMILES string of the molecule is CC1CN(C(=O)CCC(=O)c2ccc3c(c2)CCC3)CCC1C(=O)O. The lowest BCUT2D eigenvalue weighted by molar-refractivity contribution is -0.148. The minimum atomic E-state index is -0.786. The average Bonchev–Trinajstić information content (AvgIpc) is 3.06. The van der Waals surface area contributed by atoms with Crippen LogP contribution in [0.2, 0.25) is 0 Å². The molecule has 1 N–H and O–H groups in total. The molecular formula is C20H25NO4. The summed E-state index contributed by atoms with van der Waals surface area (Å²) in [4.78, 5) is 37.6. The van der Waals surface area contributed by atoms with Crippen molar-refractivity contribution in [3.8, 4) is 0 Å². The zero-order valence-corrected chi connectivity index (χ0v) is 14.7. The third-order valence-corrected chi connectivity index (χ3v) is 5.56. The van der Waals surface area contributed by atoms with Crippen molar-refractivity contribution in [2.24, 2.45) is 11.8 Å². The van der Waals surface area contributed by atoms with Gasteiger partial charge in [-0.15, -0.1) is 0 Å². The van der Waals surface area contributed by atoms with Gasteiger partial charge in [-0.1, -0.05) is 19.1 Å². The number of carbonyl (C=O) groups excluding carboxylic acids is 2. The van der Waals surface area contributed by atoms with Crippen molar-refractivity contribution in [1.29, 1.82) is 0 Å². The molecule has 5 nitrogen and oxygen atoms in total. The van der Waals surface area contributed by atoms with Crippen molar-refractivity contribution in [2.75, 3.05) is 13.1 Å². The van der Waals surface area contributed by atoms with Crippen molar-refractivity contribution in [2.45, 2.75) is 45.4 Å². The molecule has 0 bridgehead atoms. The van der Waals surface area contributed by atoms with Crippen molar-refractivity contribution in [3.05, 3.63) is 34.9 Å². The van der Waals surface area contributed by atoms with E-state index in [1.165, 1.54) is 11.1 Å². The van der Waals surface area contributed by atoms with Crippen LogP contribution in [0.5, 0.6) is 0 Å². The number of nitrogens with zero attached hydrogens (tertiary/aromatic N) is 1. The Balaban J connectivity index is 1.52. The third kappa shape index (κ3) is 3.91. The second-order valence-electron chi connectivity index (χ2n) is 7.31. The number of piperidine rings is 1. The first kappa shape index (κ1) is 17.6. The van der Waals surface area contributed by atoms with Gasteiger partial charge in [-0.05, 0) is 48.8 Å². The molecule has 0 spiro atoms. The maximum atomic E-state index is 12.4. The van der Waals surface area contributed by atoms with Gasteiger partial charge in [-0.25, -0.2) is 0 Å². The van der Waals surface area contributed by atoms with Gasteiger partial charge in [0.1, 0.15) is 0 Å². The van der Waals surface area contributed by atoms with Crippen LogP contribution in [0.25, 0.3) is 0 Å². The number of Topliss-reactive ketones (excluding diaryl/α,β-unsaturated/α-hetero) is 1. The predicted molar refractivity (Wildman–Crippen MR) is 93.5 cm³/mol. The minimum Gasteiger partial charge on any atom is -0.481 e. The third-order valence-electron chi connectivity index (χ3n) is 5.56. The van der Waals surface area contributed by atoms with Crippen LogP contribution in [-0.2, 0) is 22.4 Å². The highest BCUT2D eigenvalue weighted by molar-refractivity contribution is 5.98. The van der Waals surface area contributed by atoms with Gasteiger partial charge in [0.05, 0.1) is 5.92 Å².